The van der Waals surface area contributed by atoms with Crippen molar-refractivity contribution in [1.29, 1.82) is 0 Å². The molecule has 21 heavy (non-hydrogen) atoms. The first-order valence-electron chi connectivity index (χ1n) is 7.07. The Balaban J connectivity index is 2.31. The molecular formula is C14H20N4O3. The summed E-state index contributed by atoms with van der Waals surface area (Å²) in [4.78, 5) is 0. The molecule has 0 fully saturated rings. The zero-order chi connectivity index (χ0) is 15.1. The Morgan fingerprint density at radius 1 is 1.14 bits per heavy atom. The molecule has 0 saturated heterocycles. The van der Waals surface area contributed by atoms with Crippen molar-refractivity contribution in [2.45, 2.75) is 26.8 Å². The van der Waals surface area contributed by atoms with Crippen molar-refractivity contribution in [2.24, 2.45) is 0 Å². The molecule has 0 bridgehead atoms. The first kappa shape index (κ1) is 15.2. The summed E-state index contributed by atoms with van der Waals surface area (Å²) in [5.41, 5.74) is 0.852. The van der Waals surface area contributed by atoms with Gasteiger partial charge in [-0.25, -0.2) is 4.68 Å². The van der Waals surface area contributed by atoms with Gasteiger partial charge in [0.1, 0.15) is 0 Å². The minimum Gasteiger partial charge on any atom is -0.490 e. The predicted octanol–water partition coefficient (Wildman–Crippen LogP) is 1.52. The summed E-state index contributed by atoms with van der Waals surface area (Å²) in [7, 11) is 0. The number of aliphatic hydroxyl groups excluding tert-OH is 1. The van der Waals surface area contributed by atoms with E-state index in [4.69, 9.17) is 14.6 Å². The summed E-state index contributed by atoms with van der Waals surface area (Å²) >= 11 is 0. The van der Waals surface area contributed by atoms with Crippen molar-refractivity contribution in [1.82, 2.24) is 20.2 Å². The molecule has 7 nitrogen and oxygen atoms in total. The number of aryl methyl sites for hydroxylation is 1. The molecule has 0 aliphatic heterocycles. The number of hydrogen-bond donors (Lipinski definition) is 1. The molecule has 0 atom stereocenters. The molecule has 1 aromatic carbocycles. The van der Waals surface area contributed by atoms with Crippen LogP contribution in [-0.4, -0.2) is 45.1 Å². The van der Waals surface area contributed by atoms with Gasteiger partial charge in [0.05, 0.1) is 13.2 Å². The fourth-order valence-corrected chi connectivity index (χ4v) is 1.97. The number of ether oxygens (including phenoxy) is 2. The average molecular weight is 292 g/mol. The van der Waals surface area contributed by atoms with Crippen molar-refractivity contribution in [3.8, 4) is 22.9 Å². The smallest absolute Gasteiger partial charge is 0.182 e. The number of aromatic nitrogens is 4. The normalized spacial score (nSPS) is 10.6. The molecule has 1 aromatic heterocycles. The quantitative estimate of drug-likeness (QED) is 0.794. The standard InChI is InChI=1S/C14H20N4O3/c1-3-20-12-7-6-11(10-13(12)21-4-2)14-15-16-17-18(14)8-5-9-19/h6-7,10,19H,3-5,8-9H2,1-2H3. The maximum atomic E-state index is 8.92. The molecule has 1 heterocycles. The van der Waals surface area contributed by atoms with Crippen LogP contribution in [0, 0.1) is 0 Å². The third-order valence-electron chi connectivity index (χ3n) is 2.86. The van der Waals surface area contributed by atoms with Gasteiger partial charge < -0.3 is 14.6 Å². The Morgan fingerprint density at radius 2 is 1.90 bits per heavy atom. The molecular weight excluding hydrogens is 272 g/mol. The van der Waals surface area contributed by atoms with Crippen LogP contribution in [-0.2, 0) is 6.54 Å². The number of tetrazole rings is 1. The Morgan fingerprint density at radius 3 is 2.62 bits per heavy atom. The molecule has 0 saturated carbocycles. The third-order valence-corrected chi connectivity index (χ3v) is 2.86. The van der Waals surface area contributed by atoms with Crippen molar-refractivity contribution >= 4 is 0 Å². The van der Waals surface area contributed by atoms with Crippen molar-refractivity contribution in [3.05, 3.63) is 18.2 Å². The van der Waals surface area contributed by atoms with Crippen LogP contribution < -0.4 is 9.47 Å². The maximum Gasteiger partial charge on any atom is 0.182 e. The van der Waals surface area contributed by atoms with E-state index in [1.165, 1.54) is 0 Å². The molecule has 0 amide bonds. The van der Waals surface area contributed by atoms with Crippen LogP contribution in [0.3, 0.4) is 0 Å². The molecule has 1 N–H and O–H groups in total. The Labute approximate surface area is 123 Å². The summed E-state index contributed by atoms with van der Waals surface area (Å²) in [5.74, 6) is 2.03. The number of aliphatic hydroxyl groups is 1. The van der Waals surface area contributed by atoms with Crippen molar-refractivity contribution in [3.63, 3.8) is 0 Å². The van der Waals surface area contributed by atoms with E-state index in [-0.39, 0.29) is 6.61 Å². The molecule has 2 aromatic rings. The molecule has 0 aliphatic carbocycles. The number of rotatable bonds is 8. The summed E-state index contributed by atoms with van der Waals surface area (Å²) < 4.78 is 12.8. The lowest BCUT2D eigenvalue weighted by Gasteiger charge is -2.12. The summed E-state index contributed by atoms with van der Waals surface area (Å²) in [6.07, 6.45) is 0.605. The molecule has 7 heteroatoms. The minimum absolute atomic E-state index is 0.104. The van der Waals surface area contributed by atoms with Crippen LogP contribution in [0.4, 0.5) is 0 Å². The Bertz CT molecular complexity index is 571. The first-order valence-corrected chi connectivity index (χ1v) is 7.07. The Hall–Kier alpha value is -2.15. The van der Waals surface area contributed by atoms with Crippen LogP contribution in [0.2, 0.25) is 0 Å². The van der Waals surface area contributed by atoms with Gasteiger partial charge in [0.15, 0.2) is 17.3 Å². The lowest BCUT2D eigenvalue weighted by atomic mass is 10.2. The van der Waals surface area contributed by atoms with E-state index < -0.39 is 0 Å². The van der Waals surface area contributed by atoms with Crippen LogP contribution in [0.25, 0.3) is 11.4 Å². The van der Waals surface area contributed by atoms with Gasteiger partial charge in [0, 0.05) is 18.7 Å². The monoisotopic (exact) mass is 292 g/mol. The van der Waals surface area contributed by atoms with Gasteiger partial charge in [0.25, 0.3) is 0 Å². The van der Waals surface area contributed by atoms with E-state index in [0.29, 0.717) is 43.5 Å². The van der Waals surface area contributed by atoms with Gasteiger partial charge in [-0.1, -0.05) is 0 Å². The zero-order valence-corrected chi connectivity index (χ0v) is 12.3. The highest BCUT2D eigenvalue weighted by molar-refractivity contribution is 5.60. The maximum absolute atomic E-state index is 8.92. The lowest BCUT2D eigenvalue weighted by molar-refractivity contribution is 0.276. The van der Waals surface area contributed by atoms with Crippen LogP contribution in [0.15, 0.2) is 18.2 Å². The van der Waals surface area contributed by atoms with E-state index in [2.05, 4.69) is 15.5 Å². The fraction of sp³-hybridized carbons (Fsp3) is 0.500. The molecule has 2 rings (SSSR count). The number of hydrogen-bond acceptors (Lipinski definition) is 6. The second-order valence-corrected chi connectivity index (χ2v) is 4.33. The topological polar surface area (TPSA) is 82.3 Å². The van der Waals surface area contributed by atoms with Gasteiger partial charge in [-0.15, -0.1) is 5.10 Å². The molecule has 0 spiro atoms. The highest BCUT2D eigenvalue weighted by Gasteiger charge is 2.12. The van der Waals surface area contributed by atoms with Crippen LogP contribution >= 0.6 is 0 Å². The Kier molecular flexibility index (Phi) is 5.51. The van der Waals surface area contributed by atoms with E-state index in [1.807, 2.05) is 32.0 Å². The fourth-order valence-electron chi connectivity index (χ4n) is 1.97. The molecule has 0 aliphatic rings. The van der Waals surface area contributed by atoms with Gasteiger partial charge in [-0.3, -0.25) is 0 Å². The van der Waals surface area contributed by atoms with E-state index in [0.717, 1.165) is 5.56 Å². The predicted molar refractivity (Wildman–Crippen MR) is 77.3 cm³/mol. The van der Waals surface area contributed by atoms with E-state index in [9.17, 15) is 0 Å². The zero-order valence-electron chi connectivity index (χ0n) is 12.3. The molecule has 114 valence electrons. The number of benzene rings is 1. The summed E-state index contributed by atoms with van der Waals surface area (Å²) in [6, 6.07) is 5.62. The highest BCUT2D eigenvalue weighted by Crippen LogP contribution is 2.32. The van der Waals surface area contributed by atoms with E-state index >= 15 is 0 Å². The third kappa shape index (κ3) is 3.69. The minimum atomic E-state index is 0.104. The number of nitrogens with zero attached hydrogens (tertiary/aromatic N) is 4. The lowest BCUT2D eigenvalue weighted by Crippen LogP contribution is -2.05. The van der Waals surface area contributed by atoms with Gasteiger partial charge in [-0.2, -0.15) is 0 Å². The second kappa shape index (κ2) is 7.58. The van der Waals surface area contributed by atoms with Crippen molar-refractivity contribution in [2.75, 3.05) is 19.8 Å². The van der Waals surface area contributed by atoms with Gasteiger partial charge in [0.2, 0.25) is 0 Å². The van der Waals surface area contributed by atoms with Gasteiger partial charge in [-0.05, 0) is 48.9 Å². The van der Waals surface area contributed by atoms with Crippen LogP contribution in [0.5, 0.6) is 11.5 Å². The second-order valence-electron chi connectivity index (χ2n) is 4.33. The highest BCUT2D eigenvalue weighted by atomic mass is 16.5. The summed E-state index contributed by atoms with van der Waals surface area (Å²) in [5, 5.41) is 20.6. The molecule has 0 unspecified atom stereocenters. The summed E-state index contributed by atoms with van der Waals surface area (Å²) in [6.45, 7) is 5.65. The molecule has 0 radical (unpaired) electrons. The SMILES string of the molecule is CCOc1ccc(-c2nnnn2CCCO)cc1OCC. The largest absolute Gasteiger partial charge is 0.490 e. The van der Waals surface area contributed by atoms with E-state index in [1.54, 1.807) is 4.68 Å². The van der Waals surface area contributed by atoms with Crippen LogP contribution in [0.1, 0.15) is 20.3 Å². The average Bonchev–Trinajstić information content (AvgIpc) is 2.96. The van der Waals surface area contributed by atoms with Gasteiger partial charge >= 0.3 is 0 Å². The van der Waals surface area contributed by atoms with Crippen molar-refractivity contribution < 1.29 is 14.6 Å². The first-order chi connectivity index (χ1) is 10.3.